The van der Waals surface area contributed by atoms with Crippen LogP contribution in [-0.4, -0.2) is 10.5 Å². The fourth-order valence-corrected chi connectivity index (χ4v) is 0.115. The average molecular weight is 98.1 g/mol. The molecule has 0 aliphatic heterocycles. The standard InChI is InChI=1S/C5H10N2/c1-4(2)5(3)7-6/h4H,1-3H3. The van der Waals surface area contributed by atoms with E-state index in [0.29, 0.717) is 5.92 Å². The van der Waals surface area contributed by atoms with Crippen LogP contribution in [-0.2, 0) is 0 Å². The van der Waals surface area contributed by atoms with Crippen LogP contribution in [0.5, 0.6) is 0 Å². The molecule has 0 atom stereocenters. The molecule has 7 heavy (non-hydrogen) atoms. The van der Waals surface area contributed by atoms with E-state index in [1.54, 1.807) is 6.92 Å². The third kappa shape index (κ3) is 2.12. The van der Waals surface area contributed by atoms with E-state index in [1.807, 2.05) is 13.8 Å². The molecule has 0 saturated heterocycles. The third-order valence-corrected chi connectivity index (χ3v) is 0.993. The summed E-state index contributed by atoms with van der Waals surface area (Å²) in [6.07, 6.45) is 0. The van der Waals surface area contributed by atoms with E-state index in [0.717, 1.165) is 5.71 Å². The molecule has 0 aromatic heterocycles. The van der Waals surface area contributed by atoms with Gasteiger partial charge in [0.25, 0.3) is 5.71 Å². The van der Waals surface area contributed by atoms with Gasteiger partial charge in [-0.05, 0) is 0 Å². The minimum atomic E-state index is 0.366. The van der Waals surface area contributed by atoms with E-state index in [2.05, 4.69) is 4.79 Å². The van der Waals surface area contributed by atoms with Crippen molar-refractivity contribution >= 4 is 5.71 Å². The summed E-state index contributed by atoms with van der Waals surface area (Å²) in [4.78, 5) is 3.00. The molecule has 0 aromatic rings. The second kappa shape index (κ2) is 2.54. The van der Waals surface area contributed by atoms with Crippen molar-refractivity contribution in [1.29, 1.82) is 0 Å². The first kappa shape index (κ1) is 6.38. The van der Waals surface area contributed by atoms with E-state index in [9.17, 15) is 0 Å². The minimum absolute atomic E-state index is 0.366. The summed E-state index contributed by atoms with van der Waals surface area (Å²) >= 11 is 0. The smallest absolute Gasteiger partial charge is 0.268 e. The molecule has 0 spiro atoms. The molecule has 0 rings (SSSR count). The Hall–Kier alpha value is -0.620. The summed E-state index contributed by atoms with van der Waals surface area (Å²) in [5.41, 5.74) is 8.87. The second-order valence-corrected chi connectivity index (χ2v) is 1.90. The summed E-state index contributed by atoms with van der Waals surface area (Å²) in [7, 11) is 0. The van der Waals surface area contributed by atoms with Crippen LogP contribution in [0.15, 0.2) is 0 Å². The molecule has 0 heterocycles. The summed E-state index contributed by atoms with van der Waals surface area (Å²) in [6.45, 7) is 5.76. The highest BCUT2D eigenvalue weighted by Gasteiger charge is 2.02. The molecule has 0 bridgehead atoms. The molecule has 40 valence electrons. The predicted molar refractivity (Wildman–Crippen MR) is 29.1 cm³/mol. The Balaban J connectivity index is 3.81. The van der Waals surface area contributed by atoms with Crippen LogP contribution >= 0.6 is 0 Å². The van der Waals surface area contributed by atoms with Crippen LogP contribution in [0.3, 0.4) is 0 Å². The van der Waals surface area contributed by atoms with Crippen molar-refractivity contribution in [2.75, 3.05) is 0 Å². The fourth-order valence-electron chi connectivity index (χ4n) is 0.115. The first-order chi connectivity index (χ1) is 3.18. The summed E-state index contributed by atoms with van der Waals surface area (Å²) < 4.78 is 0. The van der Waals surface area contributed by atoms with Gasteiger partial charge in [-0.15, -0.1) is 0 Å². The van der Waals surface area contributed by atoms with Crippen LogP contribution in [0.25, 0.3) is 5.53 Å². The van der Waals surface area contributed by atoms with Crippen LogP contribution in [0.2, 0.25) is 0 Å². The van der Waals surface area contributed by atoms with Gasteiger partial charge < -0.3 is 5.53 Å². The molecule has 0 aliphatic rings. The molecule has 0 amide bonds. The Morgan fingerprint density at radius 3 is 2.00 bits per heavy atom. The van der Waals surface area contributed by atoms with Crippen LogP contribution in [0.1, 0.15) is 20.8 Å². The van der Waals surface area contributed by atoms with Gasteiger partial charge in [0.15, 0.2) is 0 Å². The average Bonchev–Trinajstić information content (AvgIpc) is 1.65. The second-order valence-electron chi connectivity index (χ2n) is 1.90. The zero-order chi connectivity index (χ0) is 5.86. The van der Waals surface area contributed by atoms with E-state index >= 15 is 0 Å². The number of hydrogen-bond donors (Lipinski definition) is 0. The maximum absolute atomic E-state index is 8.09. The van der Waals surface area contributed by atoms with E-state index < -0.39 is 0 Å². The Kier molecular flexibility index (Phi) is 2.31. The van der Waals surface area contributed by atoms with Gasteiger partial charge >= 0.3 is 0 Å². The lowest BCUT2D eigenvalue weighted by Crippen LogP contribution is -2.01. The van der Waals surface area contributed by atoms with Crippen molar-refractivity contribution < 1.29 is 4.79 Å². The molecule has 0 N–H and O–H groups in total. The van der Waals surface area contributed by atoms with Crippen molar-refractivity contribution in [2.45, 2.75) is 20.8 Å². The van der Waals surface area contributed by atoms with Gasteiger partial charge in [0.05, 0.1) is 5.92 Å². The van der Waals surface area contributed by atoms with Crippen LogP contribution < -0.4 is 0 Å². The number of nitrogens with zero attached hydrogens (tertiary/aromatic N) is 2. The van der Waals surface area contributed by atoms with Gasteiger partial charge in [-0.25, -0.2) is 0 Å². The van der Waals surface area contributed by atoms with E-state index in [-0.39, 0.29) is 0 Å². The van der Waals surface area contributed by atoms with Crippen LogP contribution in [0.4, 0.5) is 0 Å². The van der Waals surface area contributed by atoms with E-state index in [4.69, 9.17) is 5.53 Å². The Labute approximate surface area is 43.8 Å². The first-order valence-corrected chi connectivity index (χ1v) is 2.37. The molecule has 0 fully saturated rings. The highest BCUT2D eigenvalue weighted by Crippen LogP contribution is 1.89. The van der Waals surface area contributed by atoms with Gasteiger partial charge in [0.1, 0.15) is 0 Å². The maximum Gasteiger partial charge on any atom is 0.268 e. The Bertz CT molecular complexity index is 98.6. The van der Waals surface area contributed by atoms with Crippen molar-refractivity contribution in [3.8, 4) is 0 Å². The topological polar surface area (TPSA) is 36.4 Å². The summed E-state index contributed by atoms with van der Waals surface area (Å²) in [6, 6.07) is 0. The fraction of sp³-hybridized carbons (Fsp3) is 0.800. The Morgan fingerprint density at radius 2 is 2.00 bits per heavy atom. The molecule has 2 heteroatoms. The molecule has 2 nitrogen and oxygen atoms in total. The van der Waals surface area contributed by atoms with Crippen molar-refractivity contribution in [1.82, 2.24) is 0 Å². The molecule has 0 aromatic carbocycles. The number of rotatable bonds is 1. The summed E-state index contributed by atoms with van der Waals surface area (Å²) in [5, 5.41) is 0. The molecular formula is C5H10N2. The van der Waals surface area contributed by atoms with Crippen molar-refractivity contribution in [3.05, 3.63) is 5.53 Å². The highest BCUT2D eigenvalue weighted by molar-refractivity contribution is 5.77. The molecule has 0 unspecified atom stereocenters. The van der Waals surface area contributed by atoms with Gasteiger partial charge in [-0.2, -0.15) is 4.79 Å². The third-order valence-electron chi connectivity index (χ3n) is 0.993. The van der Waals surface area contributed by atoms with Crippen LogP contribution in [0, 0.1) is 5.92 Å². The van der Waals surface area contributed by atoms with Gasteiger partial charge in [-0.1, -0.05) is 13.8 Å². The largest absolute Gasteiger partial charge is 0.362 e. The monoisotopic (exact) mass is 98.1 g/mol. The zero-order valence-corrected chi connectivity index (χ0v) is 4.97. The predicted octanol–water partition coefficient (Wildman–Crippen LogP) is 1.33. The van der Waals surface area contributed by atoms with Gasteiger partial charge in [0.2, 0.25) is 0 Å². The molecular weight excluding hydrogens is 88.1 g/mol. The van der Waals surface area contributed by atoms with Crippen molar-refractivity contribution in [2.24, 2.45) is 5.92 Å². The lowest BCUT2D eigenvalue weighted by molar-refractivity contribution is -0.0122. The maximum atomic E-state index is 8.09. The van der Waals surface area contributed by atoms with Gasteiger partial charge in [0, 0.05) is 6.92 Å². The highest BCUT2D eigenvalue weighted by atomic mass is 14.9. The lowest BCUT2D eigenvalue weighted by atomic mass is 10.1. The number of hydrogen-bond acceptors (Lipinski definition) is 0. The van der Waals surface area contributed by atoms with Crippen molar-refractivity contribution in [3.63, 3.8) is 0 Å². The molecule has 0 radical (unpaired) electrons. The zero-order valence-electron chi connectivity index (χ0n) is 4.97. The summed E-state index contributed by atoms with van der Waals surface area (Å²) in [5.74, 6) is 0.366. The quantitative estimate of drug-likeness (QED) is 0.269. The molecule has 0 aliphatic carbocycles. The SMILES string of the molecule is CC(=[N+]=[N-])C(C)C. The lowest BCUT2D eigenvalue weighted by Gasteiger charge is -1.86. The van der Waals surface area contributed by atoms with Gasteiger partial charge in [-0.3, -0.25) is 0 Å². The Morgan fingerprint density at radius 1 is 1.57 bits per heavy atom. The normalized spacial score (nSPS) is 8.57. The van der Waals surface area contributed by atoms with E-state index in [1.165, 1.54) is 0 Å². The minimum Gasteiger partial charge on any atom is -0.362 e. The molecule has 0 saturated carbocycles. The first-order valence-electron chi connectivity index (χ1n) is 2.37.